The summed E-state index contributed by atoms with van der Waals surface area (Å²) in [6.07, 6.45) is 0. The van der Waals surface area contributed by atoms with Crippen LogP contribution in [0.3, 0.4) is 0 Å². The summed E-state index contributed by atoms with van der Waals surface area (Å²) in [6, 6.07) is 12.3. The highest BCUT2D eigenvalue weighted by atomic mass is 19.1. The van der Waals surface area contributed by atoms with Gasteiger partial charge in [0.15, 0.2) is 0 Å². The zero-order chi connectivity index (χ0) is 19.3. The summed E-state index contributed by atoms with van der Waals surface area (Å²) in [5.74, 6) is -0.947. The molecular weight excluding hydrogens is 331 g/mol. The summed E-state index contributed by atoms with van der Waals surface area (Å²) in [4.78, 5) is 25.1. The predicted molar refractivity (Wildman–Crippen MR) is 100 cm³/mol. The van der Waals surface area contributed by atoms with Gasteiger partial charge >= 0.3 is 0 Å². The topological polar surface area (TPSA) is 58.2 Å². The number of hydrogen-bond donors (Lipinski definition) is 2. The van der Waals surface area contributed by atoms with Crippen molar-refractivity contribution in [1.29, 1.82) is 0 Å². The third-order valence-electron chi connectivity index (χ3n) is 4.24. The van der Waals surface area contributed by atoms with Gasteiger partial charge in [0.25, 0.3) is 5.91 Å². The maximum Gasteiger partial charge on any atom is 0.251 e. The number of nitrogens with one attached hydrogen (secondary N) is 2. The van der Waals surface area contributed by atoms with E-state index in [-0.39, 0.29) is 29.6 Å². The first kappa shape index (κ1) is 19.6. The Balaban J connectivity index is 2.07. The Morgan fingerprint density at radius 1 is 0.962 bits per heavy atom. The Kier molecular flexibility index (Phi) is 6.50. The van der Waals surface area contributed by atoms with Gasteiger partial charge in [-0.2, -0.15) is 0 Å². The molecule has 4 nitrogen and oxygen atoms in total. The molecule has 2 unspecified atom stereocenters. The Labute approximate surface area is 153 Å². The molecule has 138 valence electrons. The van der Waals surface area contributed by atoms with Gasteiger partial charge in [0.1, 0.15) is 11.9 Å². The van der Waals surface area contributed by atoms with Crippen LogP contribution in [-0.2, 0) is 4.79 Å². The second kappa shape index (κ2) is 8.61. The van der Waals surface area contributed by atoms with Crippen molar-refractivity contribution in [3.05, 3.63) is 71.0 Å². The Hall–Kier alpha value is -2.69. The molecule has 2 aromatic carbocycles. The molecule has 2 amide bonds. The SMILES string of the molecule is Cc1cccc(C(=O)NC(C(=O)NC(C)c2ccc(F)cc2)C(C)C)c1. The zero-order valence-corrected chi connectivity index (χ0v) is 15.5. The van der Waals surface area contributed by atoms with Crippen molar-refractivity contribution >= 4 is 11.8 Å². The highest BCUT2D eigenvalue weighted by molar-refractivity contribution is 5.97. The van der Waals surface area contributed by atoms with Crippen molar-refractivity contribution in [1.82, 2.24) is 10.6 Å². The maximum absolute atomic E-state index is 13.0. The van der Waals surface area contributed by atoms with Gasteiger partial charge in [-0.1, -0.05) is 43.7 Å². The van der Waals surface area contributed by atoms with Crippen LogP contribution in [0.5, 0.6) is 0 Å². The first-order valence-corrected chi connectivity index (χ1v) is 8.71. The molecule has 5 heteroatoms. The molecular formula is C21H25FN2O2. The molecule has 0 aliphatic heterocycles. The predicted octanol–water partition coefficient (Wildman–Crippen LogP) is 3.77. The van der Waals surface area contributed by atoms with Crippen LogP contribution in [0, 0.1) is 18.7 Å². The van der Waals surface area contributed by atoms with Gasteiger partial charge in [-0.25, -0.2) is 4.39 Å². The molecule has 0 radical (unpaired) electrons. The van der Waals surface area contributed by atoms with Crippen molar-refractivity contribution in [2.24, 2.45) is 5.92 Å². The molecule has 0 fully saturated rings. The molecule has 0 saturated carbocycles. The van der Waals surface area contributed by atoms with Crippen LogP contribution in [0.1, 0.15) is 48.3 Å². The molecule has 2 rings (SSSR count). The van der Waals surface area contributed by atoms with Crippen LogP contribution in [0.25, 0.3) is 0 Å². The van der Waals surface area contributed by atoms with E-state index in [1.54, 1.807) is 24.3 Å². The third kappa shape index (κ3) is 5.15. The van der Waals surface area contributed by atoms with Gasteiger partial charge in [0.05, 0.1) is 6.04 Å². The van der Waals surface area contributed by atoms with Gasteiger partial charge in [-0.3, -0.25) is 9.59 Å². The average molecular weight is 356 g/mol. The lowest BCUT2D eigenvalue weighted by atomic mass is 10.0. The van der Waals surface area contributed by atoms with E-state index in [1.165, 1.54) is 12.1 Å². The van der Waals surface area contributed by atoms with Crippen LogP contribution in [0.15, 0.2) is 48.5 Å². The van der Waals surface area contributed by atoms with Crippen molar-refractivity contribution in [3.63, 3.8) is 0 Å². The van der Waals surface area contributed by atoms with Crippen molar-refractivity contribution in [2.75, 3.05) is 0 Å². The molecule has 0 spiro atoms. The molecule has 0 aliphatic rings. The zero-order valence-electron chi connectivity index (χ0n) is 15.5. The standard InChI is InChI=1S/C21H25FN2O2/c1-13(2)19(24-20(25)17-7-5-6-14(3)12-17)21(26)23-15(4)16-8-10-18(22)11-9-16/h5-13,15,19H,1-4H3,(H,23,26)(H,24,25). The summed E-state index contributed by atoms with van der Waals surface area (Å²) >= 11 is 0. The summed E-state index contributed by atoms with van der Waals surface area (Å²) in [5.41, 5.74) is 2.30. The van der Waals surface area contributed by atoms with Crippen LogP contribution in [-0.4, -0.2) is 17.9 Å². The Bertz CT molecular complexity index is 772. The molecule has 2 N–H and O–H groups in total. The second-order valence-corrected chi connectivity index (χ2v) is 6.85. The lowest BCUT2D eigenvalue weighted by Crippen LogP contribution is -2.50. The number of aryl methyl sites for hydroxylation is 1. The van der Waals surface area contributed by atoms with Crippen LogP contribution < -0.4 is 10.6 Å². The molecule has 26 heavy (non-hydrogen) atoms. The quantitative estimate of drug-likeness (QED) is 0.828. The number of amides is 2. The van der Waals surface area contributed by atoms with Gasteiger partial charge in [0.2, 0.25) is 5.91 Å². The fourth-order valence-electron chi connectivity index (χ4n) is 2.68. The molecule has 0 aliphatic carbocycles. The second-order valence-electron chi connectivity index (χ2n) is 6.85. The van der Waals surface area contributed by atoms with E-state index in [9.17, 15) is 14.0 Å². The minimum absolute atomic E-state index is 0.0795. The molecule has 0 heterocycles. The third-order valence-corrected chi connectivity index (χ3v) is 4.24. The fraction of sp³-hybridized carbons (Fsp3) is 0.333. The number of benzene rings is 2. The summed E-state index contributed by atoms with van der Waals surface area (Å²) in [7, 11) is 0. The number of halogens is 1. The number of carbonyl (C=O) groups is 2. The van der Waals surface area contributed by atoms with E-state index in [4.69, 9.17) is 0 Å². The maximum atomic E-state index is 13.0. The molecule has 2 aromatic rings. The van der Waals surface area contributed by atoms with Crippen molar-refractivity contribution in [3.8, 4) is 0 Å². The van der Waals surface area contributed by atoms with Crippen LogP contribution in [0.2, 0.25) is 0 Å². The molecule has 0 bridgehead atoms. The fourth-order valence-corrected chi connectivity index (χ4v) is 2.68. The number of rotatable bonds is 6. The van der Waals surface area contributed by atoms with Crippen molar-refractivity contribution in [2.45, 2.75) is 39.8 Å². The van der Waals surface area contributed by atoms with Crippen molar-refractivity contribution < 1.29 is 14.0 Å². The number of hydrogen-bond acceptors (Lipinski definition) is 2. The smallest absolute Gasteiger partial charge is 0.251 e. The van der Waals surface area contributed by atoms with E-state index in [2.05, 4.69) is 10.6 Å². The first-order valence-electron chi connectivity index (χ1n) is 8.71. The molecule has 2 atom stereocenters. The van der Waals surface area contributed by atoms with E-state index in [0.717, 1.165) is 11.1 Å². The largest absolute Gasteiger partial charge is 0.348 e. The highest BCUT2D eigenvalue weighted by Crippen LogP contribution is 2.14. The minimum atomic E-state index is -0.661. The lowest BCUT2D eigenvalue weighted by Gasteiger charge is -2.24. The van der Waals surface area contributed by atoms with Crippen LogP contribution >= 0.6 is 0 Å². The first-order chi connectivity index (χ1) is 12.3. The van der Waals surface area contributed by atoms with E-state index in [1.807, 2.05) is 39.8 Å². The minimum Gasteiger partial charge on any atom is -0.348 e. The summed E-state index contributed by atoms with van der Waals surface area (Å²) in [5, 5.41) is 5.70. The Morgan fingerprint density at radius 2 is 1.62 bits per heavy atom. The normalized spacial score (nSPS) is 13.2. The van der Waals surface area contributed by atoms with E-state index in [0.29, 0.717) is 5.56 Å². The van der Waals surface area contributed by atoms with E-state index < -0.39 is 6.04 Å². The Morgan fingerprint density at radius 3 is 2.19 bits per heavy atom. The summed E-state index contributed by atoms with van der Waals surface area (Å²) in [6.45, 7) is 7.49. The van der Waals surface area contributed by atoms with Gasteiger partial charge in [0, 0.05) is 5.56 Å². The highest BCUT2D eigenvalue weighted by Gasteiger charge is 2.26. The van der Waals surface area contributed by atoms with Crippen LogP contribution in [0.4, 0.5) is 4.39 Å². The lowest BCUT2D eigenvalue weighted by molar-refractivity contribution is -0.124. The van der Waals surface area contributed by atoms with Gasteiger partial charge in [-0.05, 0) is 49.6 Å². The van der Waals surface area contributed by atoms with Gasteiger partial charge < -0.3 is 10.6 Å². The summed E-state index contributed by atoms with van der Waals surface area (Å²) < 4.78 is 13.0. The van der Waals surface area contributed by atoms with Gasteiger partial charge in [-0.15, -0.1) is 0 Å². The monoisotopic (exact) mass is 356 g/mol. The molecule has 0 aromatic heterocycles. The van der Waals surface area contributed by atoms with E-state index >= 15 is 0 Å². The molecule has 0 saturated heterocycles. The number of carbonyl (C=O) groups excluding carboxylic acids is 2. The average Bonchev–Trinajstić information content (AvgIpc) is 2.59.